The van der Waals surface area contributed by atoms with Crippen LogP contribution in [0.3, 0.4) is 0 Å². The zero-order chi connectivity index (χ0) is 15.6. The number of rotatable bonds is 5. The molecule has 0 unspecified atom stereocenters. The zero-order valence-corrected chi connectivity index (χ0v) is 13.4. The van der Waals surface area contributed by atoms with Crippen LogP contribution in [0.4, 0.5) is 0 Å². The van der Waals surface area contributed by atoms with Gasteiger partial charge in [-0.3, -0.25) is 9.48 Å². The molecule has 0 aliphatic rings. The first-order valence-electron chi connectivity index (χ1n) is 7.00. The van der Waals surface area contributed by atoms with Crippen molar-refractivity contribution in [2.75, 3.05) is 13.2 Å². The average Bonchev–Trinajstić information content (AvgIpc) is 2.68. The van der Waals surface area contributed by atoms with Gasteiger partial charge in [-0.15, -0.1) is 0 Å². The van der Waals surface area contributed by atoms with Crippen LogP contribution in [0.5, 0.6) is 0 Å². The smallest absolute Gasteiger partial charge is 0.254 e. The summed E-state index contributed by atoms with van der Waals surface area (Å²) in [5.41, 5.74) is 1.14. The molecule has 0 aromatic carbocycles. The topological polar surface area (TPSA) is 67.2 Å². The summed E-state index contributed by atoms with van der Waals surface area (Å²) in [7, 11) is 1.82. The second-order valence-corrected chi connectivity index (χ2v) is 7.14. The van der Waals surface area contributed by atoms with Gasteiger partial charge in [0.25, 0.3) is 5.91 Å². The molecule has 1 rings (SSSR count). The van der Waals surface area contributed by atoms with E-state index in [4.69, 9.17) is 5.11 Å². The van der Waals surface area contributed by atoms with Crippen molar-refractivity contribution < 1.29 is 9.90 Å². The summed E-state index contributed by atoms with van der Waals surface area (Å²) in [5.74, 6) is -0.103. The van der Waals surface area contributed by atoms with Crippen LogP contribution in [-0.4, -0.2) is 33.9 Å². The van der Waals surface area contributed by atoms with Crippen molar-refractivity contribution in [3.05, 3.63) is 17.5 Å². The van der Waals surface area contributed by atoms with Crippen LogP contribution in [0, 0.1) is 5.41 Å². The highest BCUT2D eigenvalue weighted by Crippen LogP contribution is 2.24. The van der Waals surface area contributed by atoms with E-state index in [1.54, 1.807) is 10.9 Å². The molecule has 1 amide bonds. The highest BCUT2D eigenvalue weighted by Gasteiger charge is 2.26. The molecule has 5 heteroatoms. The van der Waals surface area contributed by atoms with Gasteiger partial charge in [0, 0.05) is 31.8 Å². The van der Waals surface area contributed by atoms with Gasteiger partial charge in [0.15, 0.2) is 0 Å². The number of nitrogens with one attached hydrogen (secondary N) is 1. The van der Waals surface area contributed by atoms with Gasteiger partial charge in [0.2, 0.25) is 0 Å². The summed E-state index contributed by atoms with van der Waals surface area (Å²) in [6.07, 6.45) is 2.42. The monoisotopic (exact) mass is 281 g/mol. The third-order valence-electron chi connectivity index (χ3n) is 3.30. The molecule has 0 radical (unpaired) electrons. The minimum Gasteiger partial charge on any atom is -0.396 e. The summed E-state index contributed by atoms with van der Waals surface area (Å²) in [4.78, 5) is 12.3. The highest BCUT2D eigenvalue weighted by molar-refractivity contribution is 5.95. The third kappa shape index (κ3) is 4.34. The summed E-state index contributed by atoms with van der Waals surface area (Å²) in [6, 6.07) is 0. The van der Waals surface area contributed by atoms with Gasteiger partial charge in [-0.1, -0.05) is 34.6 Å². The van der Waals surface area contributed by atoms with E-state index >= 15 is 0 Å². The lowest BCUT2D eigenvalue weighted by Crippen LogP contribution is -2.35. The number of carbonyl (C=O) groups is 1. The van der Waals surface area contributed by atoms with Crippen LogP contribution in [0.2, 0.25) is 0 Å². The van der Waals surface area contributed by atoms with Gasteiger partial charge in [-0.05, 0) is 11.8 Å². The van der Waals surface area contributed by atoms with Gasteiger partial charge in [-0.25, -0.2) is 0 Å². The average molecular weight is 281 g/mol. The minimum atomic E-state index is -0.172. The van der Waals surface area contributed by atoms with E-state index in [1.807, 2.05) is 41.7 Å². The first-order valence-corrected chi connectivity index (χ1v) is 7.00. The Labute approximate surface area is 121 Å². The number of amides is 1. The SMILES string of the molecule is Cn1cc(C(=O)NCC(C)(C)CCO)c(C(C)(C)C)n1. The first kappa shape index (κ1) is 16.7. The molecule has 0 aliphatic carbocycles. The zero-order valence-electron chi connectivity index (χ0n) is 13.4. The Morgan fingerprint density at radius 1 is 1.35 bits per heavy atom. The maximum absolute atomic E-state index is 12.3. The molecule has 1 heterocycles. The second-order valence-electron chi connectivity index (χ2n) is 7.14. The predicted octanol–water partition coefficient (Wildman–Crippen LogP) is 1.86. The van der Waals surface area contributed by atoms with Gasteiger partial charge in [0.1, 0.15) is 0 Å². The van der Waals surface area contributed by atoms with Crippen molar-refractivity contribution in [1.29, 1.82) is 0 Å². The Bertz CT molecular complexity index is 470. The van der Waals surface area contributed by atoms with Crippen molar-refractivity contribution in [2.45, 2.75) is 46.5 Å². The maximum Gasteiger partial charge on any atom is 0.254 e. The molecule has 5 nitrogen and oxygen atoms in total. The van der Waals surface area contributed by atoms with Crippen LogP contribution in [0.25, 0.3) is 0 Å². The molecule has 114 valence electrons. The number of aliphatic hydroxyl groups is 1. The van der Waals surface area contributed by atoms with E-state index in [0.29, 0.717) is 18.5 Å². The highest BCUT2D eigenvalue weighted by atomic mass is 16.3. The molecule has 0 aliphatic heterocycles. The largest absolute Gasteiger partial charge is 0.396 e. The van der Waals surface area contributed by atoms with E-state index in [-0.39, 0.29) is 23.3 Å². The van der Waals surface area contributed by atoms with E-state index in [9.17, 15) is 4.79 Å². The quantitative estimate of drug-likeness (QED) is 0.865. The predicted molar refractivity (Wildman–Crippen MR) is 79.7 cm³/mol. The van der Waals surface area contributed by atoms with Crippen molar-refractivity contribution in [1.82, 2.24) is 15.1 Å². The van der Waals surface area contributed by atoms with Gasteiger partial charge in [0.05, 0.1) is 11.3 Å². The van der Waals surface area contributed by atoms with Gasteiger partial charge in [-0.2, -0.15) is 5.10 Å². The Morgan fingerprint density at radius 3 is 2.45 bits per heavy atom. The number of aliphatic hydroxyl groups excluding tert-OH is 1. The Hall–Kier alpha value is -1.36. The molecule has 0 spiro atoms. The van der Waals surface area contributed by atoms with Crippen molar-refractivity contribution in [3.8, 4) is 0 Å². The summed E-state index contributed by atoms with van der Waals surface area (Å²) in [6.45, 7) is 10.8. The van der Waals surface area contributed by atoms with Gasteiger partial charge >= 0.3 is 0 Å². The lowest BCUT2D eigenvalue weighted by molar-refractivity contribution is 0.0926. The number of hydrogen-bond acceptors (Lipinski definition) is 3. The number of nitrogens with zero attached hydrogens (tertiary/aromatic N) is 2. The number of aromatic nitrogens is 2. The van der Waals surface area contributed by atoms with E-state index in [2.05, 4.69) is 10.4 Å². The molecule has 0 atom stereocenters. The van der Waals surface area contributed by atoms with Crippen LogP contribution >= 0.6 is 0 Å². The van der Waals surface area contributed by atoms with E-state index in [1.165, 1.54) is 0 Å². The van der Waals surface area contributed by atoms with E-state index < -0.39 is 0 Å². The molecular weight excluding hydrogens is 254 g/mol. The molecule has 2 N–H and O–H groups in total. The molecule has 0 bridgehead atoms. The van der Waals surface area contributed by atoms with Crippen LogP contribution < -0.4 is 5.32 Å². The lowest BCUT2D eigenvalue weighted by atomic mass is 9.88. The fourth-order valence-corrected chi connectivity index (χ4v) is 2.01. The summed E-state index contributed by atoms with van der Waals surface area (Å²) in [5, 5.41) is 16.4. The number of hydrogen-bond donors (Lipinski definition) is 2. The van der Waals surface area contributed by atoms with Crippen LogP contribution in [-0.2, 0) is 12.5 Å². The van der Waals surface area contributed by atoms with E-state index in [0.717, 1.165) is 5.69 Å². The molecule has 20 heavy (non-hydrogen) atoms. The molecular formula is C15H27N3O2. The Morgan fingerprint density at radius 2 is 1.95 bits per heavy atom. The molecule has 0 saturated carbocycles. The van der Waals surface area contributed by atoms with Crippen molar-refractivity contribution in [3.63, 3.8) is 0 Å². The number of carbonyl (C=O) groups excluding carboxylic acids is 1. The van der Waals surface area contributed by atoms with Gasteiger partial charge < -0.3 is 10.4 Å². The van der Waals surface area contributed by atoms with Crippen LogP contribution in [0.1, 0.15) is 57.1 Å². The first-order chi connectivity index (χ1) is 9.07. The standard InChI is InChI=1S/C15H27N3O2/c1-14(2,3)12-11(9-18(6)17-12)13(20)16-10-15(4,5)7-8-19/h9,19H,7-8,10H2,1-6H3,(H,16,20). The second kappa shape index (κ2) is 5.95. The maximum atomic E-state index is 12.3. The minimum absolute atomic E-state index is 0.103. The van der Waals surface area contributed by atoms with Crippen LogP contribution in [0.15, 0.2) is 6.20 Å². The molecule has 0 fully saturated rings. The lowest BCUT2D eigenvalue weighted by Gasteiger charge is -2.24. The molecule has 0 saturated heterocycles. The number of aryl methyl sites for hydroxylation is 1. The Kier molecular flexibility index (Phi) is 4.97. The third-order valence-corrected chi connectivity index (χ3v) is 3.30. The fourth-order valence-electron chi connectivity index (χ4n) is 2.01. The fraction of sp³-hybridized carbons (Fsp3) is 0.733. The Balaban J connectivity index is 2.84. The molecule has 1 aromatic heterocycles. The summed E-state index contributed by atoms with van der Waals surface area (Å²) >= 11 is 0. The van der Waals surface area contributed by atoms with Crippen molar-refractivity contribution >= 4 is 5.91 Å². The molecule has 1 aromatic rings. The van der Waals surface area contributed by atoms with Crippen molar-refractivity contribution in [2.24, 2.45) is 12.5 Å². The summed E-state index contributed by atoms with van der Waals surface area (Å²) < 4.78 is 1.67. The normalized spacial score (nSPS) is 12.6.